The number of esters is 1. The van der Waals surface area contributed by atoms with Crippen molar-refractivity contribution < 1.29 is 18.9 Å². The number of aromatic nitrogens is 1. The lowest BCUT2D eigenvalue weighted by atomic mass is 10.0. The summed E-state index contributed by atoms with van der Waals surface area (Å²) in [7, 11) is 1.35. The number of nitro benzene ring substituents is 1. The molecule has 9 nitrogen and oxygen atoms in total. The van der Waals surface area contributed by atoms with Crippen molar-refractivity contribution in [1.82, 2.24) is 15.2 Å². The molecule has 0 saturated carbocycles. The predicted molar refractivity (Wildman–Crippen MR) is 120 cm³/mol. The summed E-state index contributed by atoms with van der Waals surface area (Å²) in [6.45, 7) is 0.347. The summed E-state index contributed by atoms with van der Waals surface area (Å²) in [6.07, 6.45) is 1.87. The van der Waals surface area contributed by atoms with Gasteiger partial charge in [-0.1, -0.05) is 6.07 Å². The minimum Gasteiger partial charge on any atom is -0.469 e. The number of furan rings is 1. The molecule has 0 spiro atoms. The van der Waals surface area contributed by atoms with E-state index in [1.807, 2.05) is 35.2 Å². The monoisotopic (exact) mass is 452 g/mol. The second-order valence-electron chi connectivity index (χ2n) is 7.15. The van der Waals surface area contributed by atoms with Gasteiger partial charge in [0, 0.05) is 30.4 Å². The van der Waals surface area contributed by atoms with Crippen LogP contribution < -0.4 is 5.32 Å². The first-order valence-corrected chi connectivity index (χ1v) is 10.3. The topological polar surface area (TPSA) is 111 Å². The number of thiocarbonyl (C=S) groups is 1. The third-order valence-electron chi connectivity index (χ3n) is 5.26. The van der Waals surface area contributed by atoms with Crippen LogP contribution in [0.15, 0.2) is 65.2 Å². The van der Waals surface area contributed by atoms with Gasteiger partial charge in [0.15, 0.2) is 5.11 Å². The summed E-state index contributed by atoms with van der Waals surface area (Å²) >= 11 is 5.55. The van der Waals surface area contributed by atoms with Gasteiger partial charge in [-0.3, -0.25) is 19.9 Å². The Morgan fingerprint density at radius 3 is 2.69 bits per heavy atom. The number of hydrogen-bond acceptors (Lipinski definition) is 7. The fraction of sp³-hybridized carbons (Fsp3) is 0.227. The number of nitro groups is 1. The smallest absolute Gasteiger partial charge is 0.307 e. The maximum absolute atomic E-state index is 11.7. The summed E-state index contributed by atoms with van der Waals surface area (Å²) in [5.41, 5.74) is 1.51. The molecule has 1 saturated heterocycles. The number of non-ortho nitro benzene ring substituents is 1. The summed E-state index contributed by atoms with van der Waals surface area (Å²) in [5, 5.41) is 14.7. The van der Waals surface area contributed by atoms with E-state index in [9.17, 15) is 14.9 Å². The number of pyridine rings is 1. The van der Waals surface area contributed by atoms with E-state index in [2.05, 4.69) is 10.3 Å². The number of benzene rings is 1. The largest absolute Gasteiger partial charge is 0.469 e. The van der Waals surface area contributed by atoms with Gasteiger partial charge < -0.3 is 19.4 Å². The summed E-state index contributed by atoms with van der Waals surface area (Å²) in [4.78, 5) is 28.6. The Bertz CT molecular complexity index is 1130. The molecule has 0 bridgehead atoms. The SMILES string of the molecule is COC(=O)CCN1C(=S)N[C@H](c2ccccn2)[C@H]1c1ccc(-c2ccc([N+](=O)[O-])cc2)o1. The standard InChI is InChI=1S/C22H20N4O5S/c1-30-19(27)11-13-25-21(20(24-22(25)32)16-4-2-3-12-23-16)18-10-9-17(31-18)14-5-7-15(8-6-14)26(28)29/h2-10,12,20-21H,11,13H2,1H3,(H,24,32)/t20-,21-/m1/s1. The van der Waals surface area contributed by atoms with Gasteiger partial charge >= 0.3 is 5.97 Å². The number of ether oxygens (including phenoxy) is 1. The van der Waals surface area contributed by atoms with Crippen LogP contribution in [0.2, 0.25) is 0 Å². The Morgan fingerprint density at radius 2 is 2.03 bits per heavy atom. The zero-order valence-electron chi connectivity index (χ0n) is 17.1. The van der Waals surface area contributed by atoms with E-state index in [1.165, 1.54) is 19.2 Å². The third-order valence-corrected chi connectivity index (χ3v) is 5.62. The average molecular weight is 452 g/mol. The van der Waals surface area contributed by atoms with Crippen LogP contribution in [-0.2, 0) is 9.53 Å². The second kappa shape index (κ2) is 9.15. The van der Waals surface area contributed by atoms with Gasteiger partial charge in [-0.2, -0.15) is 0 Å². The third kappa shape index (κ3) is 4.30. The lowest BCUT2D eigenvalue weighted by Gasteiger charge is -2.25. The van der Waals surface area contributed by atoms with Crippen molar-refractivity contribution >= 4 is 29.0 Å². The lowest BCUT2D eigenvalue weighted by molar-refractivity contribution is -0.384. The number of hydrogen-bond donors (Lipinski definition) is 1. The molecule has 1 aliphatic heterocycles. The van der Waals surface area contributed by atoms with Crippen LogP contribution in [0.5, 0.6) is 0 Å². The predicted octanol–water partition coefficient (Wildman–Crippen LogP) is 3.79. The van der Waals surface area contributed by atoms with Crippen molar-refractivity contribution in [2.24, 2.45) is 0 Å². The van der Waals surface area contributed by atoms with Gasteiger partial charge in [0.05, 0.1) is 30.2 Å². The lowest BCUT2D eigenvalue weighted by Crippen LogP contribution is -2.31. The van der Waals surface area contributed by atoms with Crippen LogP contribution in [0.4, 0.5) is 5.69 Å². The fourth-order valence-corrected chi connectivity index (χ4v) is 4.02. The molecule has 0 amide bonds. The Balaban J connectivity index is 1.67. The highest BCUT2D eigenvalue weighted by molar-refractivity contribution is 7.80. The minimum absolute atomic E-state index is 0.00933. The van der Waals surface area contributed by atoms with Crippen LogP contribution in [-0.4, -0.2) is 39.5 Å². The van der Waals surface area contributed by atoms with Crippen molar-refractivity contribution in [2.45, 2.75) is 18.5 Å². The van der Waals surface area contributed by atoms with Crippen molar-refractivity contribution in [1.29, 1.82) is 0 Å². The van der Waals surface area contributed by atoms with Crippen molar-refractivity contribution in [3.63, 3.8) is 0 Å². The molecular formula is C22H20N4O5S. The molecule has 3 aromatic rings. The highest BCUT2D eigenvalue weighted by atomic mass is 32.1. The van der Waals surface area contributed by atoms with Gasteiger partial charge in [-0.25, -0.2) is 0 Å². The van der Waals surface area contributed by atoms with E-state index < -0.39 is 4.92 Å². The van der Waals surface area contributed by atoms with Crippen molar-refractivity contribution in [3.8, 4) is 11.3 Å². The number of rotatable bonds is 7. The second-order valence-corrected chi connectivity index (χ2v) is 7.54. The molecule has 0 aliphatic carbocycles. The summed E-state index contributed by atoms with van der Waals surface area (Å²) < 4.78 is 10.9. The molecule has 0 radical (unpaired) electrons. The van der Waals surface area contributed by atoms with Gasteiger partial charge in [-0.15, -0.1) is 0 Å². The highest BCUT2D eigenvalue weighted by Crippen LogP contribution is 2.40. The van der Waals surface area contributed by atoms with E-state index >= 15 is 0 Å². The Morgan fingerprint density at radius 1 is 1.25 bits per heavy atom. The fourth-order valence-electron chi connectivity index (χ4n) is 3.68. The number of methoxy groups -OCH3 is 1. The van der Waals surface area contributed by atoms with E-state index in [0.29, 0.717) is 28.7 Å². The van der Waals surface area contributed by atoms with E-state index in [-0.39, 0.29) is 30.2 Å². The molecule has 32 heavy (non-hydrogen) atoms. The molecule has 10 heteroatoms. The van der Waals surface area contributed by atoms with Crippen molar-refractivity contribution in [3.05, 3.63) is 82.4 Å². The normalized spacial score (nSPS) is 17.8. The van der Waals surface area contributed by atoms with Crippen LogP contribution in [0.25, 0.3) is 11.3 Å². The first-order chi connectivity index (χ1) is 15.5. The number of carbonyl (C=O) groups is 1. The Kier molecular flexibility index (Phi) is 6.13. The van der Waals surface area contributed by atoms with Gasteiger partial charge in [0.25, 0.3) is 5.69 Å². The molecule has 1 fully saturated rings. The molecular weight excluding hydrogens is 432 g/mol. The molecule has 0 unspecified atom stereocenters. The number of carbonyl (C=O) groups excluding carboxylic acids is 1. The van der Waals surface area contributed by atoms with Gasteiger partial charge in [0.2, 0.25) is 0 Å². The first kappa shape index (κ1) is 21.4. The molecule has 164 valence electrons. The number of nitrogens with zero attached hydrogens (tertiary/aromatic N) is 3. The summed E-state index contributed by atoms with van der Waals surface area (Å²) in [6, 6.07) is 14.8. The maximum Gasteiger partial charge on any atom is 0.307 e. The van der Waals surface area contributed by atoms with Gasteiger partial charge in [-0.05, 0) is 48.6 Å². The van der Waals surface area contributed by atoms with Gasteiger partial charge in [0.1, 0.15) is 17.6 Å². The molecule has 4 rings (SSSR count). The highest BCUT2D eigenvalue weighted by Gasteiger charge is 2.41. The first-order valence-electron chi connectivity index (χ1n) is 9.87. The minimum atomic E-state index is -0.445. The van der Waals surface area contributed by atoms with E-state index in [0.717, 1.165) is 5.69 Å². The zero-order valence-corrected chi connectivity index (χ0v) is 18.0. The molecule has 1 aromatic carbocycles. The van der Waals surface area contributed by atoms with E-state index in [1.54, 1.807) is 18.3 Å². The Labute approximate surface area is 189 Å². The van der Waals surface area contributed by atoms with E-state index in [4.69, 9.17) is 21.4 Å². The number of nitrogens with one attached hydrogen (secondary N) is 1. The molecule has 2 aromatic heterocycles. The van der Waals surface area contributed by atoms with Crippen LogP contribution in [0.3, 0.4) is 0 Å². The average Bonchev–Trinajstić information content (AvgIpc) is 3.42. The van der Waals surface area contributed by atoms with Crippen molar-refractivity contribution in [2.75, 3.05) is 13.7 Å². The quantitative estimate of drug-likeness (QED) is 0.248. The van der Waals surface area contributed by atoms with Crippen LogP contribution in [0.1, 0.15) is 30.0 Å². The summed E-state index contributed by atoms with van der Waals surface area (Å²) in [5.74, 6) is 0.866. The van der Waals surface area contributed by atoms with Crippen LogP contribution in [0, 0.1) is 10.1 Å². The molecule has 2 atom stereocenters. The van der Waals surface area contributed by atoms with Crippen LogP contribution >= 0.6 is 12.2 Å². The molecule has 1 aliphatic rings. The molecule has 3 heterocycles. The molecule has 1 N–H and O–H groups in total. The zero-order chi connectivity index (χ0) is 22.7. The Hall–Kier alpha value is -3.79. The maximum atomic E-state index is 11.7.